The van der Waals surface area contributed by atoms with Gasteiger partial charge in [0, 0.05) is 23.5 Å². The van der Waals surface area contributed by atoms with Crippen molar-refractivity contribution in [2.45, 2.75) is 43.4 Å². The fraction of sp³-hybridized carbons (Fsp3) is 0.296. The Morgan fingerprint density at radius 1 is 0.805 bits per heavy atom. The summed E-state index contributed by atoms with van der Waals surface area (Å²) >= 11 is 0. The molecule has 0 aliphatic rings. The minimum absolute atomic E-state index is 0.0140. The third-order valence-corrected chi connectivity index (χ3v) is 6.27. The summed E-state index contributed by atoms with van der Waals surface area (Å²) in [5.41, 5.74) is 7.89. The van der Waals surface area contributed by atoms with Crippen LogP contribution in [0.15, 0.2) is 54.7 Å². The molecule has 14 nitrogen and oxygen atoms in total. The number of aromatic amines is 1. The molecule has 0 aliphatic carbocycles. The molecule has 2 aromatic carbocycles. The van der Waals surface area contributed by atoms with Crippen molar-refractivity contribution < 1.29 is 44.4 Å². The molecule has 4 atom stereocenters. The van der Waals surface area contributed by atoms with Crippen molar-refractivity contribution in [3.63, 3.8) is 0 Å². The van der Waals surface area contributed by atoms with Crippen LogP contribution in [0.5, 0.6) is 5.75 Å². The minimum Gasteiger partial charge on any atom is -0.508 e. The molecule has 3 rings (SSSR count). The lowest BCUT2D eigenvalue weighted by Gasteiger charge is -2.23. The number of hydrogen-bond acceptors (Lipinski definition) is 8. The first-order valence-corrected chi connectivity index (χ1v) is 12.5. The van der Waals surface area contributed by atoms with Crippen LogP contribution in [-0.4, -0.2) is 85.8 Å². The maximum absolute atomic E-state index is 12.9. The molecule has 14 heteroatoms. The molecule has 0 aliphatic heterocycles. The van der Waals surface area contributed by atoms with E-state index in [9.17, 15) is 44.4 Å². The number of aliphatic carboxylic acids is 2. The highest BCUT2D eigenvalue weighted by molar-refractivity contribution is 5.96. The van der Waals surface area contributed by atoms with Gasteiger partial charge >= 0.3 is 11.9 Å². The number of phenolic OH excluding ortho intramolecular Hbond substituents is 1. The standard InChI is InChI=1S/C27H31N5O9/c28-18(9-14-5-7-16(34)8-6-14)24(37)30-20(11-23(35)36)25(38)32-22(13-33)26(39)31-21(27(40)41)10-15-12-29-19-4-2-1-3-17(15)19/h1-8,12,18,20-22,29,33-34H,9-11,13,28H2,(H,30,37)(H,31,39)(H,32,38)(H,35,36)(H,40,41). The second-order valence-corrected chi connectivity index (χ2v) is 9.34. The summed E-state index contributed by atoms with van der Waals surface area (Å²) < 4.78 is 0. The van der Waals surface area contributed by atoms with Crippen LogP contribution >= 0.6 is 0 Å². The van der Waals surface area contributed by atoms with E-state index in [0.717, 1.165) is 10.9 Å². The molecule has 10 N–H and O–H groups in total. The number of carboxylic acid groups (broad SMARTS) is 2. The number of carbonyl (C=O) groups excluding carboxylic acids is 3. The number of aliphatic hydroxyl groups excluding tert-OH is 1. The fourth-order valence-corrected chi connectivity index (χ4v) is 4.10. The van der Waals surface area contributed by atoms with Crippen LogP contribution in [0.4, 0.5) is 0 Å². The molecule has 0 saturated heterocycles. The molecular formula is C27H31N5O9. The van der Waals surface area contributed by atoms with Crippen LogP contribution in [0.2, 0.25) is 0 Å². The van der Waals surface area contributed by atoms with E-state index in [4.69, 9.17) is 5.73 Å². The lowest BCUT2D eigenvalue weighted by molar-refractivity contribution is -0.143. The van der Waals surface area contributed by atoms with Crippen molar-refractivity contribution in [1.82, 2.24) is 20.9 Å². The van der Waals surface area contributed by atoms with Crippen LogP contribution in [0.1, 0.15) is 17.5 Å². The van der Waals surface area contributed by atoms with Crippen LogP contribution in [-0.2, 0) is 36.8 Å². The summed E-state index contributed by atoms with van der Waals surface area (Å²) in [6, 6.07) is 7.14. The first kappa shape index (κ1) is 30.6. The SMILES string of the molecule is NC(Cc1ccc(O)cc1)C(=O)NC(CC(=O)O)C(=O)NC(CO)C(=O)NC(Cc1c[nH]c2ccccc12)C(=O)O. The van der Waals surface area contributed by atoms with Crippen molar-refractivity contribution in [3.8, 4) is 5.75 Å². The van der Waals surface area contributed by atoms with E-state index >= 15 is 0 Å². The molecule has 0 saturated carbocycles. The molecule has 1 heterocycles. The predicted molar refractivity (Wildman–Crippen MR) is 145 cm³/mol. The number of rotatable bonds is 14. The number of nitrogens with one attached hydrogen (secondary N) is 4. The molecule has 3 amide bonds. The molecule has 4 unspecified atom stereocenters. The van der Waals surface area contributed by atoms with Gasteiger partial charge in [0.2, 0.25) is 17.7 Å². The summed E-state index contributed by atoms with van der Waals surface area (Å²) in [5.74, 6) is -5.76. The average Bonchev–Trinajstić information content (AvgIpc) is 3.34. The summed E-state index contributed by atoms with van der Waals surface area (Å²) in [5, 5.41) is 45.5. The van der Waals surface area contributed by atoms with Gasteiger partial charge in [-0.3, -0.25) is 19.2 Å². The van der Waals surface area contributed by atoms with Gasteiger partial charge in [0.15, 0.2) is 0 Å². The Morgan fingerprint density at radius 3 is 2.05 bits per heavy atom. The largest absolute Gasteiger partial charge is 0.508 e. The smallest absolute Gasteiger partial charge is 0.326 e. The van der Waals surface area contributed by atoms with E-state index in [2.05, 4.69) is 20.9 Å². The van der Waals surface area contributed by atoms with Gasteiger partial charge in [-0.1, -0.05) is 30.3 Å². The van der Waals surface area contributed by atoms with Crippen molar-refractivity contribution in [2.24, 2.45) is 5.73 Å². The lowest BCUT2D eigenvalue weighted by atomic mass is 10.0. The number of carboxylic acids is 2. The monoisotopic (exact) mass is 569 g/mol. The van der Waals surface area contributed by atoms with Crippen LogP contribution < -0.4 is 21.7 Å². The number of aromatic hydroxyl groups is 1. The van der Waals surface area contributed by atoms with E-state index in [1.54, 1.807) is 30.5 Å². The normalized spacial score (nSPS) is 13.9. The highest BCUT2D eigenvalue weighted by Gasteiger charge is 2.31. The number of hydrogen-bond donors (Lipinski definition) is 9. The number of H-pyrrole nitrogens is 1. The summed E-state index contributed by atoms with van der Waals surface area (Å²) in [7, 11) is 0. The number of phenols is 1. The minimum atomic E-state index is -1.66. The maximum Gasteiger partial charge on any atom is 0.326 e. The molecule has 0 bridgehead atoms. The number of amides is 3. The summed E-state index contributed by atoms with van der Waals surface area (Å²) in [6.07, 6.45) is 0.668. The molecule has 41 heavy (non-hydrogen) atoms. The Balaban J connectivity index is 1.65. The third-order valence-electron chi connectivity index (χ3n) is 6.27. The Bertz CT molecular complexity index is 1410. The number of benzene rings is 2. The summed E-state index contributed by atoms with van der Waals surface area (Å²) in [4.78, 5) is 64.5. The third kappa shape index (κ3) is 8.52. The van der Waals surface area contributed by atoms with E-state index in [1.165, 1.54) is 24.3 Å². The molecular weight excluding hydrogens is 538 g/mol. The van der Waals surface area contributed by atoms with E-state index in [0.29, 0.717) is 11.1 Å². The second-order valence-electron chi connectivity index (χ2n) is 9.34. The Kier molecular flexibility index (Phi) is 10.4. The van der Waals surface area contributed by atoms with Gasteiger partial charge in [0.25, 0.3) is 0 Å². The van der Waals surface area contributed by atoms with Gasteiger partial charge in [-0.15, -0.1) is 0 Å². The van der Waals surface area contributed by atoms with Crippen molar-refractivity contribution in [1.29, 1.82) is 0 Å². The van der Waals surface area contributed by atoms with Gasteiger partial charge in [0.05, 0.1) is 19.1 Å². The van der Waals surface area contributed by atoms with Gasteiger partial charge in [0.1, 0.15) is 23.9 Å². The number of para-hydroxylation sites is 1. The number of nitrogens with two attached hydrogens (primary N) is 1. The predicted octanol–water partition coefficient (Wildman–Crippen LogP) is -1.01. The molecule has 0 fully saturated rings. The summed E-state index contributed by atoms with van der Waals surface area (Å²) in [6.45, 7) is -0.939. The highest BCUT2D eigenvalue weighted by Crippen LogP contribution is 2.19. The van der Waals surface area contributed by atoms with Crippen molar-refractivity contribution >= 4 is 40.6 Å². The fourth-order valence-electron chi connectivity index (χ4n) is 4.10. The number of carbonyl (C=O) groups is 5. The molecule has 3 aromatic rings. The van der Waals surface area contributed by atoms with E-state index in [-0.39, 0.29) is 18.6 Å². The van der Waals surface area contributed by atoms with Crippen molar-refractivity contribution in [2.75, 3.05) is 6.61 Å². The highest BCUT2D eigenvalue weighted by atomic mass is 16.4. The number of aromatic nitrogens is 1. The quantitative estimate of drug-likeness (QED) is 0.114. The number of fused-ring (bicyclic) bond motifs is 1. The number of aliphatic hydroxyl groups is 1. The Morgan fingerprint density at radius 2 is 1.41 bits per heavy atom. The lowest BCUT2D eigenvalue weighted by Crippen LogP contribution is -2.58. The zero-order valence-corrected chi connectivity index (χ0v) is 21.7. The van der Waals surface area contributed by atoms with Gasteiger partial charge in [-0.05, 0) is 35.7 Å². The van der Waals surface area contributed by atoms with Crippen LogP contribution in [0.25, 0.3) is 10.9 Å². The molecule has 0 spiro atoms. The van der Waals surface area contributed by atoms with Crippen LogP contribution in [0.3, 0.4) is 0 Å². The van der Waals surface area contributed by atoms with E-state index in [1.807, 2.05) is 0 Å². The van der Waals surface area contributed by atoms with Gasteiger partial charge in [-0.2, -0.15) is 0 Å². The molecule has 1 aromatic heterocycles. The van der Waals surface area contributed by atoms with Gasteiger partial charge in [-0.25, -0.2) is 4.79 Å². The zero-order chi connectivity index (χ0) is 30.1. The first-order chi connectivity index (χ1) is 19.5. The van der Waals surface area contributed by atoms with Crippen LogP contribution in [0, 0.1) is 0 Å². The van der Waals surface area contributed by atoms with Crippen molar-refractivity contribution in [3.05, 3.63) is 65.9 Å². The topological polar surface area (TPSA) is 244 Å². The van der Waals surface area contributed by atoms with Gasteiger partial charge < -0.3 is 47.1 Å². The maximum atomic E-state index is 12.9. The second kappa shape index (κ2) is 13.9. The van der Waals surface area contributed by atoms with E-state index < -0.39 is 66.9 Å². The Labute approximate surface area is 233 Å². The zero-order valence-electron chi connectivity index (χ0n) is 21.7. The molecule has 218 valence electrons. The first-order valence-electron chi connectivity index (χ1n) is 12.5. The molecule has 0 radical (unpaired) electrons. The average molecular weight is 570 g/mol. The Hall–Kier alpha value is -4.95.